The molecule has 2 aromatic carbocycles. The third-order valence-corrected chi connectivity index (χ3v) is 7.84. The van der Waals surface area contributed by atoms with Gasteiger partial charge in [0.15, 0.2) is 0 Å². The molecule has 6 nitrogen and oxygen atoms in total. The average molecular weight is 627 g/mol. The second-order valence-corrected chi connectivity index (χ2v) is 12.1. The lowest BCUT2D eigenvalue weighted by molar-refractivity contribution is -0.122. The molecule has 250 valence electrons. The molecule has 2 rings (SSSR count). The second-order valence-electron chi connectivity index (χ2n) is 12.1. The van der Waals surface area contributed by atoms with Gasteiger partial charge in [0.2, 0.25) is 11.8 Å². The molecular formula is C40H58N4O2. The number of allylic oxidation sites excluding steroid dienone is 2. The van der Waals surface area contributed by atoms with Crippen molar-refractivity contribution in [2.75, 3.05) is 0 Å². The minimum Gasteiger partial charge on any atom is -0.273 e. The Labute approximate surface area is 278 Å². The molecule has 0 aliphatic heterocycles. The Kier molecular flexibility index (Phi) is 22.0. The maximum Gasteiger partial charge on any atom is 0.240 e. The molecule has 0 bridgehead atoms. The molecule has 2 aromatic rings. The third-order valence-electron chi connectivity index (χ3n) is 7.84. The van der Waals surface area contributed by atoms with Gasteiger partial charge in [0, 0.05) is 12.8 Å². The van der Waals surface area contributed by atoms with Gasteiger partial charge in [-0.25, -0.2) is 10.9 Å². The first-order valence-corrected chi connectivity index (χ1v) is 17.8. The molecule has 2 amide bonds. The van der Waals surface area contributed by atoms with E-state index in [9.17, 15) is 9.59 Å². The van der Waals surface area contributed by atoms with Gasteiger partial charge in [-0.15, -0.1) is 0 Å². The number of hydrogen-bond acceptors (Lipinski definition) is 4. The fraction of sp³-hybridized carbons (Fsp3) is 0.500. The van der Waals surface area contributed by atoms with Crippen molar-refractivity contribution in [1.29, 1.82) is 0 Å². The number of carbonyl (C=O) groups is 2. The number of benzene rings is 2. The van der Waals surface area contributed by atoms with Crippen LogP contribution in [0.15, 0.2) is 82.0 Å². The van der Waals surface area contributed by atoms with E-state index in [0.717, 1.165) is 86.5 Å². The number of hydrogen-bond donors (Lipinski definition) is 2. The first kappa shape index (κ1) is 38.4. The summed E-state index contributed by atoms with van der Waals surface area (Å²) < 4.78 is 0. The van der Waals surface area contributed by atoms with Crippen LogP contribution in [-0.4, -0.2) is 24.2 Å². The zero-order valence-corrected chi connectivity index (χ0v) is 28.5. The normalized spacial score (nSPS) is 12.2. The minimum absolute atomic E-state index is 0.0405. The Balaban J connectivity index is 1.59. The lowest BCUT2D eigenvalue weighted by Crippen LogP contribution is -2.17. The summed E-state index contributed by atoms with van der Waals surface area (Å²) in [6.07, 6.45) is 26.1. The summed E-state index contributed by atoms with van der Waals surface area (Å²) in [6.45, 7) is 4.43. The van der Waals surface area contributed by atoms with Crippen LogP contribution < -0.4 is 10.9 Å². The van der Waals surface area contributed by atoms with E-state index in [2.05, 4.69) is 71.3 Å². The monoisotopic (exact) mass is 626 g/mol. The van der Waals surface area contributed by atoms with E-state index < -0.39 is 0 Å². The molecule has 0 fully saturated rings. The molecule has 2 N–H and O–H groups in total. The zero-order chi connectivity index (χ0) is 32.9. The molecule has 0 saturated carbocycles. The van der Waals surface area contributed by atoms with Gasteiger partial charge in [0.25, 0.3) is 0 Å². The summed E-state index contributed by atoms with van der Waals surface area (Å²) in [5, 5.41) is 8.50. The number of unbranched alkanes of at least 4 members (excludes halogenated alkanes) is 11. The SMILES string of the molecule is CCCCCCC(=C/c1ccccc1)/C=N/NC(=O)CCCCCCCCC(=O)N/N=C/C(=C\c1ccccc1)CCCCCC. The molecule has 0 atom stereocenters. The molecule has 0 unspecified atom stereocenters. The first-order chi connectivity index (χ1) is 22.6. The van der Waals surface area contributed by atoms with Crippen molar-refractivity contribution < 1.29 is 9.59 Å². The van der Waals surface area contributed by atoms with Crippen molar-refractivity contribution in [3.63, 3.8) is 0 Å². The Bertz CT molecular complexity index is 1110. The van der Waals surface area contributed by atoms with E-state index in [1.54, 1.807) is 12.4 Å². The van der Waals surface area contributed by atoms with Gasteiger partial charge in [-0.3, -0.25) is 9.59 Å². The Morgan fingerprint density at radius 3 is 1.24 bits per heavy atom. The molecule has 0 radical (unpaired) electrons. The fourth-order valence-corrected chi connectivity index (χ4v) is 5.15. The molecule has 0 aliphatic carbocycles. The maximum absolute atomic E-state index is 12.3. The summed E-state index contributed by atoms with van der Waals surface area (Å²) in [5.74, 6) is -0.0810. The Morgan fingerprint density at radius 2 is 0.848 bits per heavy atom. The summed E-state index contributed by atoms with van der Waals surface area (Å²) >= 11 is 0. The van der Waals surface area contributed by atoms with Crippen LogP contribution in [0.5, 0.6) is 0 Å². The number of nitrogens with one attached hydrogen (secondary N) is 2. The number of carbonyl (C=O) groups excluding carboxylic acids is 2. The summed E-state index contributed by atoms with van der Waals surface area (Å²) in [5.41, 5.74) is 9.96. The third kappa shape index (κ3) is 20.3. The maximum atomic E-state index is 12.3. The highest BCUT2D eigenvalue weighted by Gasteiger charge is 2.03. The van der Waals surface area contributed by atoms with Crippen LogP contribution >= 0.6 is 0 Å². The summed E-state index contributed by atoms with van der Waals surface area (Å²) in [6, 6.07) is 20.5. The van der Waals surface area contributed by atoms with Gasteiger partial charge >= 0.3 is 0 Å². The van der Waals surface area contributed by atoms with Crippen LogP contribution in [-0.2, 0) is 9.59 Å². The number of hydrazone groups is 2. The van der Waals surface area contributed by atoms with Gasteiger partial charge in [-0.05, 0) is 60.8 Å². The highest BCUT2D eigenvalue weighted by atomic mass is 16.2. The van der Waals surface area contributed by atoms with Crippen LogP contribution in [0, 0.1) is 0 Å². The molecule has 0 heterocycles. The topological polar surface area (TPSA) is 82.9 Å². The lowest BCUT2D eigenvalue weighted by Gasteiger charge is -2.05. The predicted molar refractivity (Wildman–Crippen MR) is 197 cm³/mol. The van der Waals surface area contributed by atoms with E-state index in [1.807, 2.05) is 36.4 Å². The Morgan fingerprint density at radius 1 is 0.500 bits per heavy atom. The number of rotatable bonds is 25. The van der Waals surface area contributed by atoms with Crippen molar-refractivity contribution in [3.8, 4) is 0 Å². The molecule has 0 aliphatic rings. The van der Waals surface area contributed by atoms with Crippen LogP contribution in [0.3, 0.4) is 0 Å². The van der Waals surface area contributed by atoms with Crippen molar-refractivity contribution in [2.24, 2.45) is 10.2 Å². The predicted octanol–water partition coefficient (Wildman–Crippen LogP) is 10.4. The van der Waals surface area contributed by atoms with E-state index in [4.69, 9.17) is 0 Å². The first-order valence-electron chi connectivity index (χ1n) is 17.8. The second kappa shape index (κ2) is 26.4. The van der Waals surface area contributed by atoms with Gasteiger partial charge in [0.05, 0.1) is 12.4 Å². The highest BCUT2D eigenvalue weighted by molar-refractivity contribution is 5.87. The molecule has 0 aromatic heterocycles. The van der Waals surface area contributed by atoms with E-state index >= 15 is 0 Å². The van der Waals surface area contributed by atoms with Crippen molar-refractivity contribution in [3.05, 3.63) is 82.9 Å². The van der Waals surface area contributed by atoms with Crippen LogP contribution in [0.25, 0.3) is 12.2 Å². The minimum atomic E-state index is -0.0405. The molecular weight excluding hydrogens is 568 g/mol. The van der Waals surface area contributed by atoms with E-state index in [-0.39, 0.29) is 11.8 Å². The lowest BCUT2D eigenvalue weighted by atomic mass is 10.0. The average Bonchev–Trinajstić information content (AvgIpc) is 3.07. The highest BCUT2D eigenvalue weighted by Crippen LogP contribution is 2.15. The largest absolute Gasteiger partial charge is 0.273 e. The fourth-order valence-electron chi connectivity index (χ4n) is 5.15. The summed E-state index contributed by atoms with van der Waals surface area (Å²) in [7, 11) is 0. The number of nitrogens with zero attached hydrogens (tertiary/aromatic N) is 2. The molecule has 0 saturated heterocycles. The van der Waals surface area contributed by atoms with Crippen LogP contribution in [0.4, 0.5) is 0 Å². The van der Waals surface area contributed by atoms with Crippen LogP contribution in [0.1, 0.15) is 141 Å². The van der Waals surface area contributed by atoms with Gasteiger partial charge in [-0.2, -0.15) is 10.2 Å². The smallest absolute Gasteiger partial charge is 0.240 e. The quantitative estimate of drug-likeness (QED) is 0.0653. The molecule has 0 spiro atoms. The van der Waals surface area contributed by atoms with E-state index in [1.165, 1.54) is 38.5 Å². The van der Waals surface area contributed by atoms with Gasteiger partial charge in [-0.1, -0.05) is 151 Å². The van der Waals surface area contributed by atoms with Gasteiger partial charge in [0.1, 0.15) is 0 Å². The standard InChI is InChI=1S/C40H58N4O2/c1-3-5-7-15-27-37(31-35-23-17-13-18-24-35)33-41-43-39(45)29-21-11-9-10-12-22-30-40(46)44-42-34-38(28-16-8-6-4-2)32-36-25-19-14-20-26-36/h13-14,17-20,23-26,31-34H,3-12,15-16,21-22,27-30H2,1-2H3,(H,43,45)(H,44,46)/b37-31-,38-32-,41-33+,42-34+. The zero-order valence-electron chi connectivity index (χ0n) is 28.5. The summed E-state index contributed by atoms with van der Waals surface area (Å²) in [4.78, 5) is 24.6. The Hall–Kier alpha value is -3.80. The van der Waals surface area contributed by atoms with Crippen molar-refractivity contribution in [2.45, 2.75) is 129 Å². The van der Waals surface area contributed by atoms with E-state index in [0.29, 0.717) is 12.8 Å². The molecule has 46 heavy (non-hydrogen) atoms. The van der Waals surface area contributed by atoms with Gasteiger partial charge < -0.3 is 0 Å². The number of amides is 2. The van der Waals surface area contributed by atoms with Crippen LogP contribution in [0.2, 0.25) is 0 Å². The molecule has 6 heteroatoms. The van der Waals surface area contributed by atoms with Crippen molar-refractivity contribution in [1.82, 2.24) is 10.9 Å². The van der Waals surface area contributed by atoms with Crippen molar-refractivity contribution >= 4 is 36.4 Å².